The van der Waals surface area contributed by atoms with E-state index in [1.807, 2.05) is 12.1 Å². The maximum absolute atomic E-state index is 12.9. The van der Waals surface area contributed by atoms with E-state index in [1.165, 1.54) is 12.1 Å². The van der Waals surface area contributed by atoms with Crippen molar-refractivity contribution in [1.82, 2.24) is 15.5 Å². The Bertz CT molecular complexity index is 659. The van der Waals surface area contributed by atoms with Gasteiger partial charge in [-0.25, -0.2) is 4.39 Å². The first-order valence-corrected chi connectivity index (χ1v) is 6.34. The Morgan fingerprint density at radius 1 is 1.15 bits per heavy atom. The summed E-state index contributed by atoms with van der Waals surface area (Å²) in [5, 5.41) is 10.3. The van der Waals surface area contributed by atoms with E-state index in [4.69, 9.17) is 4.42 Å². The van der Waals surface area contributed by atoms with E-state index in [1.54, 1.807) is 24.6 Å². The molecule has 2 aromatic heterocycles. The molecule has 102 valence electrons. The van der Waals surface area contributed by atoms with Crippen molar-refractivity contribution in [2.24, 2.45) is 0 Å². The Labute approximate surface area is 115 Å². The van der Waals surface area contributed by atoms with E-state index >= 15 is 0 Å². The van der Waals surface area contributed by atoms with Gasteiger partial charge >= 0.3 is 0 Å². The molecule has 0 bridgehead atoms. The van der Waals surface area contributed by atoms with Crippen LogP contribution in [0.2, 0.25) is 0 Å². The molecule has 5 heteroatoms. The van der Waals surface area contributed by atoms with Gasteiger partial charge in [-0.05, 0) is 36.4 Å². The van der Waals surface area contributed by atoms with Gasteiger partial charge < -0.3 is 9.73 Å². The van der Waals surface area contributed by atoms with Gasteiger partial charge in [0.25, 0.3) is 0 Å². The molecule has 4 nitrogen and oxygen atoms in total. The summed E-state index contributed by atoms with van der Waals surface area (Å²) in [5.41, 5.74) is 2.85. The Balaban J connectivity index is 1.68. The van der Waals surface area contributed by atoms with Crippen LogP contribution in [0.5, 0.6) is 0 Å². The minimum atomic E-state index is -0.245. The first-order valence-electron chi connectivity index (χ1n) is 6.34. The van der Waals surface area contributed by atoms with E-state index in [9.17, 15) is 4.39 Å². The fourth-order valence-corrected chi connectivity index (χ4v) is 2.05. The number of nitrogens with zero attached hydrogens (tertiary/aromatic N) is 1. The highest BCUT2D eigenvalue weighted by Crippen LogP contribution is 2.21. The van der Waals surface area contributed by atoms with E-state index in [-0.39, 0.29) is 5.82 Å². The number of hydrogen-bond acceptors (Lipinski definition) is 3. The Hall–Kier alpha value is -2.40. The maximum Gasteiger partial charge on any atom is 0.123 e. The number of halogens is 1. The topological polar surface area (TPSA) is 53.9 Å². The van der Waals surface area contributed by atoms with Crippen LogP contribution in [0, 0.1) is 5.82 Å². The predicted molar refractivity (Wildman–Crippen MR) is 73.2 cm³/mol. The van der Waals surface area contributed by atoms with Crippen LogP contribution in [0.3, 0.4) is 0 Å². The number of nitrogens with one attached hydrogen (secondary N) is 2. The Morgan fingerprint density at radius 2 is 2.00 bits per heavy atom. The molecule has 0 radical (unpaired) electrons. The summed E-state index contributed by atoms with van der Waals surface area (Å²) < 4.78 is 18.2. The van der Waals surface area contributed by atoms with Gasteiger partial charge in [0.1, 0.15) is 11.6 Å². The van der Waals surface area contributed by atoms with Gasteiger partial charge in [0.2, 0.25) is 0 Å². The molecule has 0 saturated heterocycles. The Kier molecular flexibility index (Phi) is 3.60. The van der Waals surface area contributed by atoms with E-state index < -0.39 is 0 Å². The van der Waals surface area contributed by atoms with Gasteiger partial charge in [0.05, 0.1) is 24.7 Å². The number of benzene rings is 1. The molecular formula is C15H14FN3O. The van der Waals surface area contributed by atoms with Crippen LogP contribution in [-0.2, 0) is 13.1 Å². The van der Waals surface area contributed by atoms with Crippen molar-refractivity contribution < 1.29 is 8.81 Å². The lowest BCUT2D eigenvalue weighted by Gasteiger charge is -2.04. The lowest BCUT2D eigenvalue weighted by Crippen LogP contribution is -2.12. The molecule has 3 aromatic rings. The molecule has 0 amide bonds. The fourth-order valence-electron chi connectivity index (χ4n) is 2.05. The monoisotopic (exact) mass is 271 g/mol. The van der Waals surface area contributed by atoms with E-state index in [0.29, 0.717) is 13.1 Å². The van der Waals surface area contributed by atoms with E-state index in [2.05, 4.69) is 15.5 Å². The minimum Gasteiger partial charge on any atom is -0.468 e. The second-order valence-electron chi connectivity index (χ2n) is 4.46. The van der Waals surface area contributed by atoms with Crippen molar-refractivity contribution in [3.05, 3.63) is 66.0 Å². The van der Waals surface area contributed by atoms with Crippen molar-refractivity contribution in [1.29, 1.82) is 0 Å². The molecule has 3 rings (SSSR count). The molecular weight excluding hydrogens is 257 g/mol. The van der Waals surface area contributed by atoms with Gasteiger partial charge in [-0.1, -0.05) is 0 Å². The third-order valence-corrected chi connectivity index (χ3v) is 3.05. The zero-order valence-corrected chi connectivity index (χ0v) is 10.8. The number of furan rings is 1. The molecule has 0 aliphatic heterocycles. The molecule has 0 spiro atoms. The van der Waals surface area contributed by atoms with E-state index in [0.717, 1.165) is 22.6 Å². The van der Waals surface area contributed by atoms with Crippen molar-refractivity contribution >= 4 is 0 Å². The summed E-state index contributed by atoms with van der Waals surface area (Å²) in [5.74, 6) is 0.641. The van der Waals surface area contributed by atoms with Crippen molar-refractivity contribution in [2.45, 2.75) is 13.1 Å². The third-order valence-electron chi connectivity index (χ3n) is 3.05. The second kappa shape index (κ2) is 5.71. The number of H-pyrrole nitrogens is 1. The maximum atomic E-state index is 12.9. The lowest BCUT2D eigenvalue weighted by molar-refractivity contribution is 0.483. The third kappa shape index (κ3) is 2.78. The summed E-state index contributed by atoms with van der Waals surface area (Å²) in [6.07, 6.45) is 3.42. The first-order chi connectivity index (χ1) is 9.83. The van der Waals surface area contributed by atoms with Crippen LogP contribution in [0.4, 0.5) is 4.39 Å². The SMILES string of the molecule is Fc1ccc(-c2[nH]ncc2CNCc2ccco2)cc1. The van der Waals surface area contributed by atoms with Crippen LogP contribution in [0.25, 0.3) is 11.3 Å². The summed E-state index contributed by atoms with van der Waals surface area (Å²) >= 11 is 0. The van der Waals surface area contributed by atoms with Crippen molar-refractivity contribution in [3.8, 4) is 11.3 Å². The zero-order valence-electron chi connectivity index (χ0n) is 10.8. The normalized spacial score (nSPS) is 10.8. The summed E-state index contributed by atoms with van der Waals surface area (Å²) in [7, 11) is 0. The smallest absolute Gasteiger partial charge is 0.123 e. The lowest BCUT2D eigenvalue weighted by atomic mass is 10.1. The minimum absolute atomic E-state index is 0.245. The average Bonchev–Trinajstić information content (AvgIpc) is 3.11. The highest BCUT2D eigenvalue weighted by atomic mass is 19.1. The second-order valence-corrected chi connectivity index (χ2v) is 4.46. The quantitative estimate of drug-likeness (QED) is 0.749. The van der Waals surface area contributed by atoms with Crippen LogP contribution in [0.1, 0.15) is 11.3 Å². The van der Waals surface area contributed by atoms with Gasteiger partial charge in [0, 0.05) is 17.7 Å². The van der Waals surface area contributed by atoms with Crippen LogP contribution in [-0.4, -0.2) is 10.2 Å². The molecule has 0 aliphatic rings. The van der Waals surface area contributed by atoms with Crippen molar-refractivity contribution in [2.75, 3.05) is 0 Å². The van der Waals surface area contributed by atoms with Crippen LogP contribution in [0.15, 0.2) is 53.3 Å². The molecule has 0 aliphatic carbocycles. The molecule has 1 aromatic carbocycles. The largest absolute Gasteiger partial charge is 0.468 e. The summed E-state index contributed by atoms with van der Waals surface area (Å²) in [4.78, 5) is 0. The molecule has 0 fully saturated rings. The molecule has 0 unspecified atom stereocenters. The van der Waals surface area contributed by atoms with Gasteiger partial charge in [-0.2, -0.15) is 5.10 Å². The number of aromatic amines is 1. The van der Waals surface area contributed by atoms with Crippen molar-refractivity contribution in [3.63, 3.8) is 0 Å². The summed E-state index contributed by atoms with van der Waals surface area (Å²) in [6, 6.07) is 10.1. The first kappa shape index (κ1) is 12.6. The molecule has 0 atom stereocenters. The van der Waals surface area contributed by atoms with Gasteiger partial charge in [-0.15, -0.1) is 0 Å². The molecule has 2 N–H and O–H groups in total. The van der Waals surface area contributed by atoms with Crippen LogP contribution < -0.4 is 5.32 Å². The number of rotatable bonds is 5. The predicted octanol–water partition coefficient (Wildman–Crippen LogP) is 3.10. The fraction of sp³-hybridized carbons (Fsp3) is 0.133. The highest BCUT2D eigenvalue weighted by Gasteiger charge is 2.07. The highest BCUT2D eigenvalue weighted by molar-refractivity contribution is 5.62. The van der Waals surface area contributed by atoms with Crippen LogP contribution >= 0.6 is 0 Å². The standard InChI is InChI=1S/C15H14FN3O/c16-13-5-3-11(4-6-13)15-12(9-18-19-15)8-17-10-14-2-1-7-20-14/h1-7,9,17H,8,10H2,(H,18,19). The average molecular weight is 271 g/mol. The molecule has 0 saturated carbocycles. The molecule has 20 heavy (non-hydrogen) atoms. The zero-order chi connectivity index (χ0) is 13.8. The van der Waals surface area contributed by atoms with Gasteiger partial charge in [0.15, 0.2) is 0 Å². The van der Waals surface area contributed by atoms with Gasteiger partial charge in [-0.3, -0.25) is 5.10 Å². The number of hydrogen-bond donors (Lipinski definition) is 2. The molecule has 2 heterocycles. The number of aromatic nitrogens is 2. The summed E-state index contributed by atoms with van der Waals surface area (Å²) in [6.45, 7) is 1.31. The Morgan fingerprint density at radius 3 is 2.75 bits per heavy atom.